The highest BCUT2D eigenvalue weighted by atomic mass is 79.9. The summed E-state index contributed by atoms with van der Waals surface area (Å²) in [5.74, 6) is 0. The molecule has 0 heterocycles. The van der Waals surface area contributed by atoms with E-state index in [1.807, 2.05) is 25.1 Å². The number of rotatable bonds is 3. The van der Waals surface area contributed by atoms with Crippen molar-refractivity contribution in [1.82, 2.24) is 0 Å². The SMILES string of the molecule is Cc1ccc(Nc2ccc(C(N)=S)c(C)c2)cc1Br. The normalized spacial score (nSPS) is 10.3. The maximum atomic E-state index is 5.66. The maximum Gasteiger partial charge on any atom is 0.104 e. The fraction of sp³-hybridized carbons (Fsp3) is 0.133. The highest BCUT2D eigenvalue weighted by Gasteiger charge is 2.03. The number of hydrogen-bond acceptors (Lipinski definition) is 2. The van der Waals surface area contributed by atoms with Crippen LogP contribution in [0.2, 0.25) is 0 Å². The van der Waals surface area contributed by atoms with E-state index in [4.69, 9.17) is 18.0 Å². The molecule has 0 fully saturated rings. The van der Waals surface area contributed by atoms with E-state index in [0.29, 0.717) is 4.99 Å². The Kier molecular flexibility index (Phi) is 4.22. The molecule has 2 nitrogen and oxygen atoms in total. The second kappa shape index (κ2) is 5.72. The third-order valence-corrected chi connectivity index (χ3v) is 4.03. The lowest BCUT2D eigenvalue weighted by atomic mass is 10.1. The molecule has 0 atom stereocenters. The van der Waals surface area contributed by atoms with Crippen LogP contribution in [-0.2, 0) is 0 Å². The number of nitrogens with one attached hydrogen (secondary N) is 1. The molecule has 19 heavy (non-hydrogen) atoms. The Morgan fingerprint density at radius 1 is 1.05 bits per heavy atom. The van der Waals surface area contributed by atoms with Crippen molar-refractivity contribution >= 4 is 44.5 Å². The summed E-state index contributed by atoms with van der Waals surface area (Å²) < 4.78 is 1.09. The zero-order chi connectivity index (χ0) is 14.0. The van der Waals surface area contributed by atoms with Gasteiger partial charge in [0.25, 0.3) is 0 Å². The largest absolute Gasteiger partial charge is 0.389 e. The molecular weight excluding hydrogens is 320 g/mol. The lowest BCUT2D eigenvalue weighted by molar-refractivity contribution is 1.40. The van der Waals surface area contributed by atoms with Crippen LogP contribution in [0, 0.1) is 13.8 Å². The molecule has 4 heteroatoms. The lowest BCUT2D eigenvalue weighted by Crippen LogP contribution is -2.11. The first kappa shape index (κ1) is 14.0. The van der Waals surface area contributed by atoms with Gasteiger partial charge in [0.1, 0.15) is 4.99 Å². The molecule has 0 amide bonds. The second-order valence-electron chi connectivity index (χ2n) is 4.48. The van der Waals surface area contributed by atoms with E-state index >= 15 is 0 Å². The lowest BCUT2D eigenvalue weighted by Gasteiger charge is -2.11. The fourth-order valence-corrected chi connectivity index (χ4v) is 2.46. The van der Waals surface area contributed by atoms with Gasteiger partial charge in [-0.3, -0.25) is 0 Å². The van der Waals surface area contributed by atoms with E-state index in [-0.39, 0.29) is 0 Å². The minimum Gasteiger partial charge on any atom is -0.389 e. The van der Waals surface area contributed by atoms with Crippen LogP contribution in [0.3, 0.4) is 0 Å². The number of nitrogens with two attached hydrogens (primary N) is 1. The number of anilines is 2. The summed E-state index contributed by atoms with van der Waals surface area (Å²) in [6.45, 7) is 4.07. The van der Waals surface area contributed by atoms with Gasteiger partial charge in [0.2, 0.25) is 0 Å². The molecule has 0 aliphatic carbocycles. The average Bonchev–Trinajstić information content (AvgIpc) is 2.33. The summed E-state index contributed by atoms with van der Waals surface area (Å²) in [5.41, 5.74) is 10.9. The number of thiocarbonyl (C=S) groups is 1. The average molecular weight is 335 g/mol. The second-order valence-corrected chi connectivity index (χ2v) is 5.78. The van der Waals surface area contributed by atoms with Gasteiger partial charge in [-0.2, -0.15) is 0 Å². The molecule has 0 saturated carbocycles. The monoisotopic (exact) mass is 334 g/mol. The number of hydrogen-bond donors (Lipinski definition) is 2. The van der Waals surface area contributed by atoms with Crippen molar-refractivity contribution in [2.75, 3.05) is 5.32 Å². The summed E-state index contributed by atoms with van der Waals surface area (Å²) in [5, 5.41) is 3.36. The third kappa shape index (κ3) is 3.33. The first-order valence-corrected chi connectivity index (χ1v) is 7.11. The Morgan fingerprint density at radius 3 is 2.26 bits per heavy atom. The Balaban J connectivity index is 2.26. The molecule has 2 aromatic carbocycles. The summed E-state index contributed by atoms with van der Waals surface area (Å²) >= 11 is 8.54. The van der Waals surface area contributed by atoms with E-state index in [1.54, 1.807) is 0 Å². The van der Waals surface area contributed by atoms with Gasteiger partial charge >= 0.3 is 0 Å². The van der Waals surface area contributed by atoms with Crippen LogP contribution < -0.4 is 11.1 Å². The molecule has 0 unspecified atom stereocenters. The molecule has 0 aliphatic rings. The Hall–Kier alpha value is -1.39. The Bertz CT molecular complexity index is 638. The van der Waals surface area contributed by atoms with Gasteiger partial charge in [-0.25, -0.2) is 0 Å². The van der Waals surface area contributed by atoms with Gasteiger partial charge < -0.3 is 11.1 Å². The summed E-state index contributed by atoms with van der Waals surface area (Å²) in [6, 6.07) is 12.2. The van der Waals surface area contributed by atoms with Crippen LogP contribution in [-0.4, -0.2) is 4.99 Å². The van der Waals surface area contributed by atoms with Crippen molar-refractivity contribution in [3.8, 4) is 0 Å². The molecule has 0 spiro atoms. The van der Waals surface area contributed by atoms with Crippen molar-refractivity contribution in [2.24, 2.45) is 5.73 Å². The number of aryl methyl sites for hydroxylation is 2. The molecule has 2 aromatic rings. The predicted octanol–water partition coefficient (Wildman–Crippen LogP) is 4.44. The number of benzene rings is 2. The van der Waals surface area contributed by atoms with E-state index in [9.17, 15) is 0 Å². The minimum atomic E-state index is 0.433. The van der Waals surface area contributed by atoms with Crippen LogP contribution in [0.1, 0.15) is 16.7 Å². The molecule has 0 saturated heterocycles. The molecule has 98 valence electrons. The van der Waals surface area contributed by atoms with Gasteiger partial charge in [0, 0.05) is 21.4 Å². The number of halogens is 1. The van der Waals surface area contributed by atoms with E-state index in [0.717, 1.165) is 27.0 Å². The first-order valence-electron chi connectivity index (χ1n) is 5.91. The van der Waals surface area contributed by atoms with Crippen molar-refractivity contribution < 1.29 is 0 Å². The van der Waals surface area contributed by atoms with Crippen molar-refractivity contribution in [1.29, 1.82) is 0 Å². The van der Waals surface area contributed by atoms with Crippen LogP contribution in [0.15, 0.2) is 40.9 Å². The van der Waals surface area contributed by atoms with Gasteiger partial charge in [0.15, 0.2) is 0 Å². The highest BCUT2D eigenvalue weighted by Crippen LogP contribution is 2.24. The molecule has 0 aliphatic heterocycles. The maximum absolute atomic E-state index is 5.66. The summed E-state index contributed by atoms with van der Waals surface area (Å²) in [4.78, 5) is 0.433. The minimum absolute atomic E-state index is 0.433. The zero-order valence-corrected chi connectivity index (χ0v) is 13.2. The highest BCUT2D eigenvalue weighted by molar-refractivity contribution is 9.10. The van der Waals surface area contributed by atoms with Gasteiger partial charge in [0.05, 0.1) is 0 Å². The third-order valence-electron chi connectivity index (χ3n) is 2.95. The summed E-state index contributed by atoms with van der Waals surface area (Å²) in [6.07, 6.45) is 0. The zero-order valence-electron chi connectivity index (χ0n) is 10.8. The van der Waals surface area contributed by atoms with Crippen molar-refractivity contribution in [2.45, 2.75) is 13.8 Å². The summed E-state index contributed by atoms with van der Waals surface area (Å²) in [7, 11) is 0. The molecule has 0 radical (unpaired) electrons. The quantitative estimate of drug-likeness (QED) is 0.814. The van der Waals surface area contributed by atoms with E-state index in [2.05, 4.69) is 46.4 Å². The molecule has 0 bridgehead atoms. The van der Waals surface area contributed by atoms with Crippen LogP contribution >= 0.6 is 28.1 Å². The Labute approximate surface area is 127 Å². The smallest absolute Gasteiger partial charge is 0.104 e. The van der Waals surface area contributed by atoms with Gasteiger partial charge in [-0.1, -0.05) is 34.2 Å². The van der Waals surface area contributed by atoms with E-state index < -0.39 is 0 Å². The van der Waals surface area contributed by atoms with Crippen LogP contribution in [0.4, 0.5) is 11.4 Å². The molecule has 0 aromatic heterocycles. The first-order chi connectivity index (χ1) is 8.97. The molecule has 3 N–H and O–H groups in total. The van der Waals surface area contributed by atoms with Gasteiger partial charge in [-0.05, 0) is 55.3 Å². The molecular formula is C15H15BrN2S. The van der Waals surface area contributed by atoms with E-state index in [1.165, 1.54) is 5.56 Å². The molecule has 2 rings (SSSR count). The fourth-order valence-electron chi connectivity index (χ4n) is 1.86. The van der Waals surface area contributed by atoms with Crippen molar-refractivity contribution in [3.63, 3.8) is 0 Å². The van der Waals surface area contributed by atoms with Crippen LogP contribution in [0.5, 0.6) is 0 Å². The van der Waals surface area contributed by atoms with Crippen molar-refractivity contribution in [3.05, 3.63) is 57.6 Å². The predicted molar refractivity (Wildman–Crippen MR) is 89.2 cm³/mol. The van der Waals surface area contributed by atoms with Crippen LogP contribution in [0.25, 0.3) is 0 Å². The topological polar surface area (TPSA) is 38.0 Å². The standard InChI is InChI=1S/C15H15BrN2S/c1-9-3-4-12(8-14(9)16)18-11-5-6-13(15(17)19)10(2)7-11/h3-8,18H,1-2H3,(H2,17,19). The van der Waals surface area contributed by atoms with Gasteiger partial charge in [-0.15, -0.1) is 0 Å². The Morgan fingerprint density at radius 2 is 1.68 bits per heavy atom.